The van der Waals surface area contributed by atoms with Gasteiger partial charge in [0.2, 0.25) is 0 Å². The van der Waals surface area contributed by atoms with E-state index in [2.05, 4.69) is 48.1 Å². The van der Waals surface area contributed by atoms with Crippen LogP contribution in [0.25, 0.3) is 0 Å². The van der Waals surface area contributed by atoms with Crippen LogP contribution in [0.1, 0.15) is 16.7 Å². The van der Waals surface area contributed by atoms with Crippen LogP contribution < -0.4 is 10.6 Å². The normalized spacial score (nSPS) is 10.5. The van der Waals surface area contributed by atoms with Gasteiger partial charge in [0, 0.05) is 31.9 Å². The number of aryl methyl sites for hydroxylation is 1. The summed E-state index contributed by atoms with van der Waals surface area (Å²) in [6.45, 7) is 3.55. The van der Waals surface area contributed by atoms with Gasteiger partial charge in [0.1, 0.15) is 5.82 Å². The smallest absolute Gasteiger partial charge is 0.133 e. The third kappa shape index (κ3) is 3.32. The molecule has 0 saturated carbocycles. The first-order chi connectivity index (χ1) is 9.22. The van der Waals surface area contributed by atoms with Crippen molar-refractivity contribution in [2.24, 2.45) is 5.73 Å². The Balaban J connectivity index is 2.08. The lowest BCUT2D eigenvalue weighted by molar-refractivity contribution is 0.843. The highest BCUT2D eigenvalue weighted by atomic mass is 15.2. The molecule has 1 aromatic heterocycles. The van der Waals surface area contributed by atoms with E-state index in [4.69, 9.17) is 5.73 Å². The van der Waals surface area contributed by atoms with E-state index in [0.717, 1.165) is 24.3 Å². The van der Waals surface area contributed by atoms with Crippen LogP contribution in [0.4, 0.5) is 5.82 Å². The van der Waals surface area contributed by atoms with E-state index in [1.165, 1.54) is 11.1 Å². The van der Waals surface area contributed by atoms with Crippen LogP contribution in [0.2, 0.25) is 0 Å². The molecule has 0 aliphatic heterocycles. The van der Waals surface area contributed by atoms with Gasteiger partial charge < -0.3 is 10.6 Å². The largest absolute Gasteiger partial charge is 0.359 e. The maximum atomic E-state index is 5.83. The Hall–Kier alpha value is -1.87. The van der Waals surface area contributed by atoms with Crippen LogP contribution in [0, 0.1) is 6.92 Å². The monoisotopic (exact) mass is 255 g/mol. The second-order valence-electron chi connectivity index (χ2n) is 4.79. The van der Waals surface area contributed by atoms with Gasteiger partial charge in [-0.25, -0.2) is 4.98 Å². The average Bonchev–Trinajstić information content (AvgIpc) is 2.45. The molecule has 0 aliphatic carbocycles. The van der Waals surface area contributed by atoms with Crippen LogP contribution in [-0.2, 0) is 13.0 Å². The van der Waals surface area contributed by atoms with E-state index >= 15 is 0 Å². The molecule has 0 radical (unpaired) electrons. The third-order valence-corrected chi connectivity index (χ3v) is 3.41. The van der Waals surface area contributed by atoms with Crippen LogP contribution in [0.15, 0.2) is 42.6 Å². The number of hydrogen-bond acceptors (Lipinski definition) is 3. The maximum Gasteiger partial charge on any atom is 0.133 e. The number of rotatable bonds is 5. The molecular weight excluding hydrogens is 234 g/mol. The molecular formula is C16H21N3. The van der Waals surface area contributed by atoms with Crippen molar-refractivity contribution in [2.75, 3.05) is 18.5 Å². The molecule has 100 valence electrons. The number of likely N-dealkylation sites (N-methyl/N-ethyl adjacent to an activating group) is 1. The summed E-state index contributed by atoms with van der Waals surface area (Å²) < 4.78 is 0. The van der Waals surface area contributed by atoms with E-state index in [1.807, 2.05) is 18.3 Å². The molecule has 2 rings (SSSR count). The Morgan fingerprint density at radius 1 is 1.16 bits per heavy atom. The fraction of sp³-hybridized carbons (Fsp3) is 0.312. The molecule has 0 amide bonds. The second kappa shape index (κ2) is 6.34. The summed E-state index contributed by atoms with van der Waals surface area (Å²) in [7, 11) is 2.07. The number of anilines is 1. The number of nitrogens with zero attached hydrogens (tertiary/aromatic N) is 2. The minimum absolute atomic E-state index is 0.532. The first-order valence-electron chi connectivity index (χ1n) is 6.62. The van der Waals surface area contributed by atoms with Crippen molar-refractivity contribution >= 4 is 5.82 Å². The standard InChI is InChI=1S/C16H21N3/c1-13-8-10-18-16(15(13)12-17)19(2)11-9-14-6-4-3-5-7-14/h3-8,10H,9,11-12,17H2,1-2H3. The molecule has 0 unspecified atom stereocenters. The average molecular weight is 255 g/mol. The van der Waals surface area contributed by atoms with Gasteiger partial charge in [-0.3, -0.25) is 0 Å². The fourth-order valence-electron chi connectivity index (χ4n) is 2.20. The fourth-order valence-corrected chi connectivity index (χ4v) is 2.20. The molecule has 0 saturated heterocycles. The van der Waals surface area contributed by atoms with E-state index in [9.17, 15) is 0 Å². The van der Waals surface area contributed by atoms with Gasteiger partial charge in [-0.1, -0.05) is 30.3 Å². The number of nitrogens with two attached hydrogens (primary N) is 1. The van der Waals surface area contributed by atoms with Crippen molar-refractivity contribution in [3.63, 3.8) is 0 Å². The topological polar surface area (TPSA) is 42.2 Å². The van der Waals surface area contributed by atoms with Crippen LogP contribution in [0.3, 0.4) is 0 Å². The summed E-state index contributed by atoms with van der Waals surface area (Å²) >= 11 is 0. The number of hydrogen-bond donors (Lipinski definition) is 1. The Kier molecular flexibility index (Phi) is 4.53. The van der Waals surface area contributed by atoms with Gasteiger partial charge in [-0.15, -0.1) is 0 Å². The molecule has 3 heteroatoms. The summed E-state index contributed by atoms with van der Waals surface area (Å²) in [6.07, 6.45) is 2.86. The SMILES string of the molecule is Cc1ccnc(N(C)CCc2ccccc2)c1CN. The predicted octanol–water partition coefficient (Wildman–Crippen LogP) is 2.53. The summed E-state index contributed by atoms with van der Waals surface area (Å²) in [5, 5.41) is 0. The summed E-state index contributed by atoms with van der Waals surface area (Å²) in [6, 6.07) is 12.5. The van der Waals surface area contributed by atoms with E-state index < -0.39 is 0 Å². The molecule has 3 nitrogen and oxygen atoms in total. The lowest BCUT2D eigenvalue weighted by atomic mass is 10.1. The molecule has 0 aliphatic rings. The zero-order valence-electron chi connectivity index (χ0n) is 11.6. The Bertz CT molecular complexity index is 523. The minimum Gasteiger partial charge on any atom is -0.359 e. The van der Waals surface area contributed by atoms with Gasteiger partial charge in [0.15, 0.2) is 0 Å². The van der Waals surface area contributed by atoms with Gasteiger partial charge in [0.05, 0.1) is 0 Å². The van der Waals surface area contributed by atoms with E-state index in [-0.39, 0.29) is 0 Å². The van der Waals surface area contributed by atoms with Crippen molar-refractivity contribution in [2.45, 2.75) is 19.9 Å². The molecule has 19 heavy (non-hydrogen) atoms. The Morgan fingerprint density at radius 3 is 2.58 bits per heavy atom. The summed E-state index contributed by atoms with van der Waals surface area (Å²) in [5.74, 6) is 0.999. The predicted molar refractivity (Wildman–Crippen MR) is 80.3 cm³/mol. The molecule has 2 N–H and O–H groups in total. The van der Waals surface area contributed by atoms with Crippen molar-refractivity contribution < 1.29 is 0 Å². The van der Waals surface area contributed by atoms with Crippen LogP contribution in [0.5, 0.6) is 0 Å². The van der Waals surface area contributed by atoms with Gasteiger partial charge in [0.25, 0.3) is 0 Å². The Morgan fingerprint density at radius 2 is 1.89 bits per heavy atom. The minimum atomic E-state index is 0.532. The quantitative estimate of drug-likeness (QED) is 0.892. The highest BCUT2D eigenvalue weighted by molar-refractivity contribution is 5.49. The highest BCUT2D eigenvalue weighted by Gasteiger charge is 2.09. The lowest BCUT2D eigenvalue weighted by Gasteiger charge is -2.21. The molecule has 2 aromatic rings. The van der Waals surface area contributed by atoms with Gasteiger partial charge in [-0.2, -0.15) is 0 Å². The van der Waals surface area contributed by atoms with Crippen molar-refractivity contribution in [1.82, 2.24) is 4.98 Å². The lowest BCUT2D eigenvalue weighted by Crippen LogP contribution is -2.24. The van der Waals surface area contributed by atoms with Crippen molar-refractivity contribution in [3.05, 3.63) is 59.3 Å². The zero-order valence-corrected chi connectivity index (χ0v) is 11.6. The summed E-state index contributed by atoms with van der Waals surface area (Å²) in [5.41, 5.74) is 9.52. The third-order valence-electron chi connectivity index (χ3n) is 3.41. The van der Waals surface area contributed by atoms with Gasteiger partial charge in [-0.05, 0) is 30.5 Å². The summed E-state index contributed by atoms with van der Waals surface area (Å²) in [4.78, 5) is 6.65. The molecule has 0 bridgehead atoms. The van der Waals surface area contributed by atoms with Gasteiger partial charge >= 0.3 is 0 Å². The van der Waals surface area contributed by atoms with E-state index in [0.29, 0.717) is 6.54 Å². The number of aromatic nitrogens is 1. The first-order valence-corrected chi connectivity index (χ1v) is 6.62. The Labute approximate surface area is 115 Å². The molecule has 0 spiro atoms. The van der Waals surface area contributed by atoms with Crippen molar-refractivity contribution in [3.8, 4) is 0 Å². The van der Waals surface area contributed by atoms with Crippen LogP contribution in [-0.4, -0.2) is 18.6 Å². The highest BCUT2D eigenvalue weighted by Crippen LogP contribution is 2.19. The molecule has 1 aromatic carbocycles. The van der Waals surface area contributed by atoms with E-state index in [1.54, 1.807) is 0 Å². The maximum absolute atomic E-state index is 5.83. The molecule has 0 atom stereocenters. The number of benzene rings is 1. The van der Waals surface area contributed by atoms with Crippen molar-refractivity contribution in [1.29, 1.82) is 0 Å². The second-order valence-corrected chi connectivity index (χ2v) is 4.79. The molecule has 0 fully saturated rings. The molecule has 1 heterocycles. The number of pyridine rings is 1. The zero-order chi connectivity index (χ0) is 13.7. The first kappa shape index (κ1) is 13.6. The van der Waals surface area contributed by atoms with Crippen LogP contribution >= 0.6 is 0 Å².